The van der Waals surface area contributed by atoms with E-state index in [9.17, 15) is 14.9 Å². The van der Waals surface area contributed by atoms with E-state index in [2.05, 4.69) is 0 Å². The van der Waals surface area contributed by atoms with Gasteiger partial charge < -0.3 is 14.2 Å². The van der Waals surface area contributed by atoms with Crippen molar-refractivity contribution in [3.05, 3.63) is 39.9 Å². The molecule has 1 saturated heterocycles. The Kier molecular flexibility index (Phi) is 4.65. The normalized spacial score (nSPS) is 18.4. The van der Waals surface area contributed by atoms with E-state index >= 15 is 0 Å². The second-order valence-electron chi connectivity index (χ2n) is 4.24. The Labute approximate surface area is 115 Å². The minimum atomic E-state index is -1.11. The number of hydrogen-bond donors (Lipinski definition) is 0. The fourth-order valence-corrected chi connectivity index (χ4v) is 1.75. The van der Waals surface area contributed by atoms with Gasteiger partial charge in [-0.05, 0) is 13.0 Å². The summed E-state index contributed by atoms with van der Waals surface area (Å²) in [7, 11) is 0. The summed E-state index contributed by atoms with van der Waals surface area (Å²) in [4.78, 5) is 22.4. The molecule has 2 atom stereocenters. The van der Waals surface area contributed by atoms with Crippen LogP contribution in [0.5, 0.6) is 0 Å². The van der Waals surface area contributed by atoms with Crippen molar-refractivity contribution in [1.82, 2.24) is 0 Å². The number of nitrogens with zero attached hydrogens (tertiary/aromatic N) is 1. The van der Waals surface area contributed by atoms with Crippen LogP contribution in [-0.4, -0.2) is 36.8 Å². The first-order valence-electron chi connectivity index (χ1n) is 6.26. The highest BCUT2D eigenvalue weighted by Gasteiger charge is 2.32. The number of hydrogen-bond acceptors (Lipinski definition) is 6. The predicted molar refractivity (Wildman–Crippen MR) is 68.2 cm³/mol. The summed E-state index contributed by atoms with van der Waals surface area (Å²) < 4.78 is 15.4. The summed E-state index contributed by atoms with van der Waals surface area (Å²) in [6.45, 7) is 2.62. The van der Waals surface area contributed by atoms with E-state index in [1.54, 1.807) is 13.0 Å². The molecule has 7 nitrogen and oxygen atoms in total. The molecule has 2 unspecified atom stereocenters. The van der Waals surface area contributed by atoms with Crippen LogP contribution in [0.3, 0.4) is 0 Å². The van der Waals surface area contributed by atoms with Crippen molar-refractivity contribution in [2.24, 2.45) is 0 Å². The molecule has 0 aliphatic carbocycles. The van der Waals surface area contributed by atoms with E-state index in [-0.39, 0.29) is 30.6 Å². The van der Waals surface area contributed by atoms with Crippen LogP contribution in [-0.2, 0) is 19.0 Å². The number of carbonyl (C=O) groups excluding carboxylic acids is 1. The number of nitro benzene ring substituents is 1. The van der Waals surface area contributed by atoms with Crippen LogP contribution < -0.4 is 0 Å². The maximum atomic E-state index is 11.9. The fourth-order valence-electron chi connectivity index (χ4n) is 1.75. The minimum Gasteiger partial charge on any atom is -0.464 e. The number of esters is 1. The minimum absolute atomic E-state index is 0.0466. The first-order valence-corrected chi connectivity index (χ1v) is 6.26. The molecule has 7 heteroatoms. The molecular formula is C13H15NO6. The number of para-hydroxylation sites is 1. The Morgan fingerprint density at radius 2 is 2.25 bits per heavy atom. The molecule has 1 aromatic carbocycles. The van der Waals surface area contributed by atoms with E-state index in [0.29, 0.717) is 6.61 Å². The van der Waals surface area contributed by atoms with E-state index < -0.39 is 17.0 Å². The third-order valence-corrected chi connectivity index (χ3v) is 2.77. The van der Waals surface area contributed by atoms with Crippen molar-refractivity contribution >= 4 is 11.7 Å². The van der Waals surface area contributed by atoms with E-state index in [1.165, 1.54) is 18.2 Å². The number of rotatable bonds is 7. The molecule has 1 heterocycles. The number of carbonyl (C=O) groups is 1. The maximum absolute atomic E-state index is 11.9. The molecule has 2 rings (SSSR count). The second kappa shape index (κ2) is 6.44. The highest BCUT2D eigenvalue weighted by molar-refractivity contribution is 5.78. The van der Waals surface area contributed by atoms with E-state index in [4.69, 9.17) is 14.2 Å². The average Bonchev–Trinajstić information content (AvgIpc) is 3.24. The topological polar surface area (TPSA) is 91.2 Å². The lowest BCUT2D eigenvalue weighted by molar-refractivity contribution is -0.386. The molecule has 1 aromatic rings. The van der Waals surface area contributed by atoms with Gasteiger partial charge in [-0.15, -0.1) is 0 Å². The molecule has 0 amide bonds. The van der Waals surface area contributed by atoms with Gasteiger partial charge in [0, 0.05) is 6.07 Å². The first kappa shape index (κ1) is 14.4. The zero-order valence-electron chi connectivity index (χ0n) is 11.0. The molecule has 1 fully saturated rings. The van der Waals surface area contributed by atoms with Gasteiger partial charge in [0.05, 0.1) is 30.3 Å². The number of ether oxygens (including phenoxy) is 3. The van der Waals surface area contributed by atoms with Crippen LogP contribution in [0, 0.1) is 10.1 Å². The van der Waals surface area contributed by atoms with E-state index in [1.807, 2.05) is 0 Å². The lowest BCUT2D eigenvalue weighted by atomic mass is 10.1. The van der Waals surface area contributed by atoms with Crippen LogP contribution in [0.4, 0.5) is 5.69 Å². The molecule has 0 bridgehead atoms. The second-order valence-corrected chi connectivity index (χ2v) is 4.24. The fraction of sp³-hybridized carbons (Fsp3) is 0.462. The Balaban J connectivity index is 2.23. The van der Waals surface area contributed by atoms with E-state index in [0.717, 1.165) is 0 Å². The van der Waals surface area contributed by atoms with Gasteiger partial charge in [0.25, 0.3) is 5.69 Å². The van der Waals surface area contributed by atoms with Crippen LogP contribution in [0.1, 0.15) is 18.6 Å². The smallest absolute Gasteiger partial charge is 0.340 e. The zero-order valence-corrected chi connectivity index (χ0v) is 11.0. The van der Waals surface area contributed by atoms with Crippen LogP contribution in [0.15, 0.2) is 24.3 Å². The first-order chi connectivity index (χ1) is 9.63. The Morgan fingerprint density at radius 3 is 2.85 bits per heavy atom. The van der Waals surface area contributed by atoms with Crippen LogP contribution in [0.2, 0.25) is 0 Å². The van der Waals surface area contributed by atoms with Gasteiger partial charge in [-0.2, -0.15) is 0 Å². The largest absolute Gasteiger partial charge is 0.464 e. The van der Waals surface area contributed by atoms with Crippen LogP contribution in [0.25, 0.3) is 0 Å². The molecule has 0 N–H and O–H groups in total. The highest BCUT2D eigenvalue weighted by Crippen LogP contribution is 2.29. The van der Waals surface area contributed by atoms with Crippen LogP contribution >= 0.6 is 0 Å². The van der Waals surface area contributed by atoms with Gasteiger partial charge in [-0.25, -0.2) is 4.79 Å². The molecule has 0 radical (unpaired) electrons. The van der Waals surface area contributed by atoms with Crippen molar-refractivity contribution in [3.8, 4) is 0 Å². The Hall–Kier alpha value is -1.99. The number of nitro groups is 1. The predicted octanol–water partition coefficient (Wildman–Crippen LogP) is 1.61. The van der Waals surface area contributed by atoms with Crippen molar-refractivity contribution < 1.29 is 23.9 Å². The Bertz CT molecular complexity index is 499. The van der Waals surface area contributed by atoms with Gasteiger partial charge in [0.2, 0.25) is 0 Å². The van der Waals surface area contributed by atoms with Gasteiger partial charge in [-0.3, -0.25) is 10.1 Å². The molecule has 108 valence electrons. The van der Waals surface area contributed by atoms with Gasteiger partial charge in [0.15, 0.2) is 6.10 Å². The zero-order chi connectivity index (χ0) is 14.5. The average molecular weight is 281 g/mol. The highest BCUT2D eigenvalue weighted by atomic mass is 16.6. The van der Waals surface area contributed by atoms with Crippen molar-refractivity contribution in [3.63, 3.8) is 0 Å². The summed E-state index contributed by atoms with van der Waals surface area (Å²) >= 11 is 0. The molecule has 20 heavy (non-hydrogen) atoms. The molecule has 0 spiro atoms. The summed E-state index contributed by atoms with van der Waals surface area (Å²) in [6, 6.07) is 5.98. The van der Waals surface area contributed by atoms with Gasteiger partial charge in [-0.1, -0.05) is 12.1 Å². The van der Waals surface area contributed by atoms with Crippen molar-refractivity contribution in [1.29, 1.82) is 0 Å². The quantitative estimate of drug-likeness (QED) is 0.326. The molecule has 1 aliphatic heterocycles. The van der Waals surface area contributed by atoms with Crippen molar-refractivity contribution in [2.75, 3.05) is 19.8 Å². The molecule has 0 saturated carbocycles. The summed E-state index contributed by atoms with van der Waals surface area (Å²) in [6.07, 6.45) is -1.16. The lowest BCUT2D eigenvalue weighted by Crippen LogP contribution is -2.21. The molecule has 0 aromatic heterocycles. The third-order valence-electron chi connectivity index (χ3n) is 2.77. The monoisotopic (exact) mass is 281 g/mol. The standard InChI is InChI=1S/C13H15NO6/c1-2-18-13(15)12(20-8-9-7-19-9)10-5-3-4-6-11(10)14(16)17/h3-6,9,12H,2,7-8H2,1H3. The molecular weight excluding hydrogens is 266 g/mol. The number of epoxide rings is 1. The molecule has 1 aliphatic rings. The lowest BCUT2D eigenvalue weighted by Gasteiger charge is -2.16. The maximum Gasteiger partial charge on any atom is 0.340 e. The summed E-state index contributed by atoms with van der Waals surface area (Å²) in [5, 5.41) is 11.0. The SMILES string of the molecule is CCOC(=O)C(OCC1CO1)c1ccccc1[N+](=O)[O-]. The van der Waals surface area contributed by atoms with Gasteiger partial charge in [0.1, 0.15) is 6.10 Å². The number of benzene rings is 1. The van der Waals surface area contributed by atoms with Crippen molar-refractivity contribution in [2.45, 2.75) is 19.1 Å². The Morgan fingerprint density at radius 1 is 1.55 bits per heavy atom. The van der Waals surface area contributed by atoms with Gasteiger partial charge >= 0.3 is 5.97 Å². The summed E-state index contributed by atoms with van der Waals surface area (Å²) in [5.74, 6) is -0.637. The summed E-state index contributed by atoms with van der Waals surface area (Å²) in [5.41, 5.74) is 0.0267. The third kappa shape index (κ3) is 3.52.